The number of hydrogen-bond acceptors (Lipinski definition) is 3. The van der Waals surface area contributed by atoms with Crippen molar-refractivity contribution >= 4 is 39.4 Å². The van der Waals surface area contributed by atoms with Crippen LogP contribution < -0.4 is 4.90 Å². The zero-order chi connectivity index (χ0) is 13.3. The molecule has 0 spiro atoms. The van der Waals surface area contributed by atoms with Crippen molar-refractivity contribution in [2.45, 2.75) is 12.8 Å². The number of amides is 2. The number of halogens is 1. The lowest BCUT2D eigenvalue weighted by molar-refractivity contribution is -0.140. The van der Waals surface area contributed by atoms with E-state index in [0.29, 0.717) is 5.69 Å². The van der Waals surface area contributed by atoms with Crippen molar-refractivity contribution < 1.29 is 19.5 Å². The molecule has 2 amide bonds. The summed E-state index contributed by atoms with van der Waals surface area (Å²) in [6.45, 7) is 0. The largest absolute Gasteiger partial charge is 0.481 e. The molecule has 0 radical (unpaired) electrons. The van der Waals surface area contributed by atoms with Crippen LogP contribution in [0.2, 0.25) is 0 Å². The molecule has 1 N–H and O–H groups in total. The lowest BCUT2D eigenvalue weighted by Gasteiger charge is -2.14. The molecule has 1 aliphatic heterocycles. The topological polar surface area (TPSA) is 74.7 Å². The molecule has 2 rings (SSSR count). The highest BCUT2D eigenvalue weighted by atomic mass is 79.9. The fraction of sp³-hybridized carbons (Fsp3) is 0.250. The van der Waals surface area contributed by atoms with E-state index < -0.39 is 17.8 Å². The summed E-state index contributed by atoms with van der Waals surface area (Å²) in [5.41, 5.74) is 0.473. The van der Waals surface area contributed by atoms with Gasteiger partial charge in [-0.05, 0) is 24.3 Å². The fourth-order valence-corrected chi connectivity index (χ4v) is 2.19. The number of carboxylic acids is 1. The Balaban J connectivity index is 2.24. The highest BCUT2D eigenvalue weighted by Gasteiger charge is 2.40. The van der Waals surface area contributed by atoms with Gasteiger partial charge in [-0.25, -0.2) is 0 Å². The minimum absolute atomic E-state index is 0.0405. The second-order valence-corrected chi connectivity index (χ2v) is 4.96. The average Bonchev–Trinajstić information content (AvgIpc) is 2.55. The van der Waals surface area contributed by atoms with Gasteiger partial charge in [0.05, 0.1) is 18.0 Å². The number of anilines is 1. The van der Waals surface area contributed by atoms with Crippen molar-refractivity contribution in [3.8, 4) is 0 Å². The molecule has 6 heteroatoms. The van der Waals surface area contributed by atoms with E-state index in [0.717, 1.165) is 9.37 Å². The first kappa shape index (κ1) is 12.8. The molecule has 0 aromatic heterocycles. The number of carbonyl (C=O) groups excluding carboxylic acids is 2. The van der Waals surface area contributed by atoms with Gasteiger partial charge in [0.25, 0.3) is 0 Å². The highest BCUT2D eigenvalue weighted by molar-refractivity contribution is 9.10. The maximum atomic E-state index is 12.0. The molecular weight excluding hydrogens is 302 g/mol. The van der Waals surface area contributed by atoms with E-state index in [9.17, 15) is 14.4 Å². The minimum atomic E-state index is -1.07. The number of imide groups is 1. The molecule has 0 unspecified atom stereocenters. The molecule has 94 valence electrons. The molecule has 1 atom stereocenters. The molecule has 1 aromatic rings. The second kappa shape index (κ2) is 4.89. The zero-order valence-electron chi connectivity index (χ0n) is 9.30. The van der Waals surface area contributed by atoms with Gasteiger partial charge in [0.2, 0.25) is 11.8 Å². The normalized spacial score (nSPS) is 19.4. The monoisotopic (exact) mass is 311 g/mol. The van der Waals surface area contributed by atoms with Crippen LogP contribution in [-0.4, -0.2) is 22.9 Å². The quantitative estimate of drug-likeness (QED) is 0.864. The molecule has 1 aliphatic rings. The van der Waals surface area contributed by atoms with E-state index in [2.05, 4.69) is 15.9 Å². The maximum absolute atomic E-state index is 12.0. The SMILES string of the molecule is O=C(O)C[C@@H]1CC(=O)N(c2ccc(Br)cc2)C1=O. The fourth-order valence-electron chi connectivity index (χ4n) is 1.93. The molecule has 1 saturated heterocycles. The first-order chi connectivity index (χ1) is 8.49. The standard InChI is InChI=1S/C12H10BrNO4/c13-8-1-3-9(4-2-8)14-10(15)5-7(12(14)18)6-11(16)17/h1-4,7H,5-6H2,(H,16,17)/t7-/m0/s1. The Kier molecular flexibility index (Phi) is 3.47. The van der Waals surface area contributed by atoms with Crippen LogP contribution in [0.4, 0.5) is 5.69 Å². The van der Waals surface area contributed by atoms with Crippen molar-refractivity contribution in [1.82, 2.24) is 0 Å². The van der Waals surface area contributed by atoms with E-state index >= 15 is 0 Å². The van der Waals surface area contributed by atoms with Crippen LogP contribution in [0.25, 0.3) is 0 Å². The van der Waals surface area contributed by atoms with Gasteiger partial charge in [0.1, 0.15) is 0 Å². The van der Waals surface area contributed by atoms with Gasteiger partial charge in [0, 0.05) is 10.9 Å². The van der Waals surface area contributed by atoms with Crippen molar-refractivity contribution in [3.05, 3.63) is 28.7 Å². The molecule has 1 aromatic carbocycles. The Bertz CT molecular complexity index is 511. The number of hydrogen-bond donors (Lipinski definition) is 1. The van der Waals surface area contributed by atoms with Crippen LogP contribution in [0.15, 0.2) is 28.7 Å². The maximum Gasteiger partial charge on any atom is 0.304 e. The smallest absolute Gasteiger partial charge is 0.304 e. The van der Waals surface area contributed by atoms with E-state index in [1.165, 1.54) is 0 Å². The van der Waals surface area contributed by atoms with E-state index in [1.807, 2.05) is 0 Å². The predicted octanol–water partition coefficient (Wildman–Crippen LogP) is 1.80. The Morgan fingerprint density at radius 3 is 2.50 bits per heavy atom. The van der Waals surface area contributed by atoms with Gasteiger partial charge < -0.3 is 5.11 Å². The van der Waals surface area contributed by atoms with Gasteiger partial charge in [0.15, 0.2) is 0 Å². The molecule has 0 bridgehead atoms. The summed E-state index contributed by atoms with van der Waals surface area (Å²) in [4.78, 5) is 35.4. The Morgan fingerprint density at radius 1 is 1.33 bits per heavy atom. The van der Waals surface area contributed by atoms with Gasteiger partial charge in [-0.3, -0.25) is 19.3 Å². The number of aliphatic carboxylic acids is 1. The summed E-state index contributed by atoms with van der Waals surface area (Å²) in [5.74, 6) is -2.62. The van der Waals surface area contributed by atoms with Gasteiger partial charge in [-0.1, -0.05) is 15.9 Å². The van der Waals surface area contributed by atoms with Crippen LogP contribution in [0, 0.1) is 5.92 Å². The number of nitrogens with zero attached hydrogens (tertiary/aromatic N) is 1. The van der Waals surface area contributed by atoms with E-state index in [4.69, 9.17) is 5.11 Å². The summed E-state index contributed by atoms with van der Waals surface area (Å²) >= 11 is 3.26. The Labute approximate surface area is 112 Å². The van der Waals surface area contributed by atoms with Crippen LogP contribution in [0.1, 0.15) is 12.8 Å². The molecule has 1 fully saturated rings. The summed E-state index contributed by atoms with van der Waals surface area (Å²) in [6, 6.07) is 6.73. The van der Waals surface area contributed by atoms with Crippen molar-refractivity contribution in [2.75, 3.05) is 4.90 Å². The van der Waals surface area contributed by atoms with Crippen molar-refractivity contribution in [3.63, 3.8) is 0 Å². The van der Waals surface area contributed by atoms with Crippen molar-refractivity contribution in [2.24, 2.45) is 5.92 Å². The summed E-state index contributed by atoms with van der Waals surface area (Å²) in [5, 5.41) is 8.68. The summed E-state index contributed by atoms with van der Waals surface area (Å²) < 4.78 is 0.840. The molecule has 1 heterocycles. The number of benzene rings is 1. The minimum Gasteiger partial charge on any atom is -0.481 e. The van der Waals surface area contributed by atoms with Gasteiger partial charge in [-0.15, -0.1) is 0 Å². The predicted molar refractivity (Wildman–Crippen MR) is 67.0 cm³/mol. The molecule has 18 heavy (non-hydrogen) atoms. The zero-order valence-corrected chi connectivity index (χ0v) is 10.9. The number of carbonyl (C=O) groups is 3. The van der Waals surface area contributed by atoms with E-state index in [1.54, 1.807) is 24.3 Å². The lowest BCUT2D eigenvalue weighted by Crippen LogP contribution is -2.30. The lowest BCUT2D eigenvalue weighted by atomic mass is 10.0. The molecule has 0 saturated carbocycles. The average molecular weight is 312 g/mol. The first-order valence-corrected chi connectivity index (χ1v) is 6.12. The molecule has 5 nitrogen and oxygen atoms in total. The third-order valence-corrected chi connectivity index (χ3v) is 3.27. The summed E-state index contributed by atoms with van der Waals surface area (Å²) in [7, 11) is 0. The van der Waals surface area contributed by atoms with Crippen LogP contribution >= 0.6 is 15.9 Å². The van der Waals surface area contributed by atoms with E-state index in [-0.39, 0.29) is 18.7 Å². The Morgan fingerprint density at radius 2 is 1.94 bits per heavy atom. The van der Waals surface area contributed by atoms with Crippen LogP contribution in [0.3, 0.4) is 0 Å². The molecular formula is C12H10BrNO4. The third-order valence-electron chi connectivity index (χ3n) is 2.75. The Hall–Kier alpha value is -1.69. The summed E-state index contributed by atoms with van der Waals surface area (Å²) in [6.07, 6.45) is -0.348. The number of carboxylic acid groups (broad SMARTS) is 1. The van der Waals surface area contributed by atoms with Gasteiger partial charge >= 0.3 is 5.97 Å². The number of rotatable bonds is 3. The van der Waals surface area contributed by atoms with Crippen LogP contribution in [-0.2, 0) is 14.4 Å². The third kappa shape index (κ3) is 2.43. The molecule has 0 aliphatic carbocycles. The van der Waals surface area contributed by atoms with Crippen molar-refractivity contribution in [1.29, 1.82) is 0 Å². The van der Waals surface area contributed by atoms with Gasteiger partial charge in [-0.2, -0.15) is 0 Å². The highest BCUT2D eigenvalue weighted by Crippen LogP contribution is 2.29. The van der Waals surface area contributed by atoms with Crippen LogP contribution in [0.5, 0.6) is 0 Å². The first-order valence-electron chi connectivity index (χ1n) is 5.33. The second-order valence-electron chi connectivity index (χ2n) is 4.04.